The highest BCUT2D eigenvalue weighted by atomic mass is 16.5. The highest BCUT2D eigenvalue weighted by Crippen LogP contribution is 2.11. The van der Waals surface area contributed by atoms with E-state index in [1.54, 1.807) is 24.3 Å². The zero-order chi connectivity index (χ0) is 15.7. The predicted octanol–water partition coefficient (Wildman–Crippen LogP) is 2.53. The van der Waals surface area contributed by atoms with Gasteiger partial charge in [0, 0.05) is 5.69 Å². The number of amides is 1. The van der Waals surface area contributed by atoms with Crippen molar-refractivity contribution in [3.8, 4) is 0 Å². The Kier molecular flexibility index (Phi) is 7.46. The summed E-state index contributed by atoms with van der Waals surface area (Å²) in [5.41, 5.74) is 1.03. The van der Waals surface area contributed by atoms with Crippen LogP contribution in [0.15, 0.2) is 24.3 Å². The number of rotatable bonds is 8. The van der Waals surface area contributed by atoms with E-state index < -0.39 is 5.97 Å². The summed E-state index contributed by atoms with van der Waals surface area (Å²) in [6.07, 6.45) is 2.04. The first-order valence-corrected chi connectivity index (χ1v) is 7.31. The molecule has 0 saturated heterocycles. The maximum Gasteiger partial charge on any atom is 0.337 e. The summed E-state index contributed by atoms with van der Waals surface area (Å²) in [5.74, 6) is -0.483. The lowest BCUT2D eigenvalue weighted by molar-refractivity contribution is -0.117. The maximum atomic E-state index is 12.1. The van der Waals surface area contributed by atoms with Crippen molar-refractivity contribution in [1.29, 1.82) is 0 Å². The van der Waals surface area contributed by atoms with Crippen LogP contribution in [0.25, 0.3) is 0 Å². The number of carbonyl (C=O) groups is 2. The number of hydrogen-bond acceptors (Lipinski definition) is 4. The fourth-order valence-electron chi connectivity index (χ4n) is 2.15. The Balaban J connectivity index is 2.63. The predicted molar refractivity (Wildman–Crippen MR) is 83.4 cm³/mol. The van der Waals surface area contributed by atoms with E-state index in [0.717, 1.165) is 25.9 Å². The fourth-order valence-corrected chi connectivity index (χ4v) is 2.15. The van der Waals surface area contributed by atoms with Gasteiger partial charge >= 0.3 is 5.97 Å². The minimum absolute atomic E-state index is 0.0704. The Morgan fingerprint density at radius 2 is 1.86 bits per heavy atom. The van der Waals surface area contributed by atoms with Gasteiger partial charge in [-0.05, 0) is 44.1 Å². The van der Waals surface area contributed by atoms with Crippen molar-refractivity contribution in [2.45, 2.75) is 26.7 Å². The maximum absolute atomic E-state index is 12.1. The second-order valence-electron chi connectivity index (χ2n) is 4.90. The fraction of sp³-hybridized carbons (Fsp3) is 0.500. The third-order valence-corrected chi connectivity index (χ3v) is 3.01. The van der Waals surface area contributed by atoms with Gasteiger partial charge in [-0.25, -0.2) is 4.79 Å². The summed E-state index contributed by atoms with van der Waals surface area (Å²) >= 11 is 0. The van der Waals surface area contributed by atoms with Gasteiger partial charge < -0.3 is 10.1 Å². The molecule has 1 N–H and O–H groups in total. The number of carbonyl (C=O) groups excluding carboxylic acids is 2. The van der Waals surface area contributed by atoms with Crippen molar-refractivity contribution in [1.82, 2.24) is 4.90 Å². The smallest absolute Gasteiger partial charge is 0.337 e. The van der Waals surface area contributed by atoms with Gasteiger partial charge in [0.25, 0.3) is 0 Å². The molecular formula is C16H24N2O3. The third-order valence-electron chi connectivity index (χ3n) is 3.01. The number of nitrogens with one attached hydrogen (secondary N) is 1. The molecule has 0 aliphatic rings. The Labute approximate surface area is 126 Å². The number of nitrogens with zero attached hydrogens (tertiary/aromatic N) is 1. The summed E-state index contributed by atoms with van der Waals surface area (Å²) in [5, 5.41) is 2.82. The Bertz CT molecular complexity index is 468. The van der Waals surface area contributed by atoms with Crippen molar-refractivity contribution in [3.05, 3.63) is 29.8 Å². The van der Waals surface area contributed by atoms with Crippen LogP contribution in [0.3, 0.4) is 0 Å². The van der Waals surface area contributed by atoms with Gasteiger partial charge in [0.2, 0.25) is 5.91 Å². The van der Waals surface area contributed by atoms with Gasteiger partial charge in [-0.2, -0.15) is 0 Å². The first-order valence-electron chi connectivity index (χ1n) is 7.31. The highest BCUT2D eigenvalue weighted by Gasteiger charge is 2.11. The Morgan fingerprint density at radius 1 is 1.19 bits per heavy atom. The molecule has 5 nitrogen and oxygen atoms in total. The van der Waals surface area contributed by atoms with Gasteiger partial charge in [-0.1, -0.05) is 19.9 Å². The van der Waals surface area contributed by atoms with Gasteiger partial charge in [-0.15, -0.1) is 0 Å². The van der Waals surface area contributed by atoms with Crippen LogP contribution in [0.2, 0.25) is 0 Å². The zero-order valence-corrected chi connectivity index (χ0v) is 13.0. The van der Waals surface area contributed by atoms with Crippen LogP contribution in [0, 0.1) is 0 Å². The molecule has 21 heavy (non-hydrogen) atoms. The lowest BCUT2D eigenvalue weighted by Gasteiger charge is -2.20. The van der Waals surface area contributed by atoms with Crippen molar-refractivity contribution in [2.75, 3.05) is 32.1 Å². The lowest BCUT2D eigenvalue weighted by Crippen LogP contribution is -2.34. The van der Waals surface area contributed by atoms with E-state index >= 15 is 0 Å². The molecule has 5 heteroatoms. The number of ether oxygens (including phenoxy) is 1. The monoisotopic (exact) mass is 292 g/mol. The molecular weight excluding hydrogens is 268 g/mol. The minimum Gasteiger partial charge on any atom is -0.465 e. The molecule has 0 atom stereocenters. The average Bonchev–Trinajstić information content (AvgIpc) is 2.47. The highest BCUT2D eigenvalue weighted by molar-refractivity contribution is 5.95. The van der Waals surface area contributed by atoms with E-state index in [1.165, 1.54) is 7.11 Å². The van der Waals surface area contributed by atoms with Crippen LogP contribution in [-0.4, -0.2) is 43.5 Å². The van der Waals surface area contributed by atoms with Crippen LogP contribution >= 0.6 is 0 Å². The summed E-state index contributed by atoms with van der Waals surface area (Å²) in [6, 6.07) is 6.75. The number of methoxy groups -OCH3 is 1. The molecule has 0 aromatic heterocycles. The largest absolute Gasteiger partial charge is 0.465 e. The zero-order valence-electron chi connectivity index (χ0n) is 13.0. The number of benzene rings is 1. The molecule has 0 fully saturated rings. The normalized spacial score (nSPS) is 10.5. The van der Waals surface area contributed by atoms with Crippen molar-refractivity contribution < 1.29 is 14.3 Å². The van der Waals surface area contributed by atoms with Gasteiger partial charge in [0.15, 0.2) is 0 Å². The van der Waals surface area contributed by atoms with Gasteiger partial charge in [-0.3, -0.25) is 9.69 Å². The van der Waals surface area contributed by atoms with Crippen LogP contribution < -0.4 is 5.32 Å². The molecule has 0 radical (unpaired) electrons. The molecule has 1 aromatic rings. The summed E-state index contributed by atoms with van der Waals surface area (Å²) in [4.78, 5) is 25.6. The number of anilines is 1. The second-order valence-corrected chi connectivity index (χ2v) is 4.90. The van der Waals surface area contributed by atoms with Gasteiger partial charge in [0.05, 0.1) is 19.2 Å². The summed E-state index contributed by atoms with van der Waals surface area (Å²) in [6.45, 7) is 6.37. The van der Waals surface area contributed by atoms with E-state index in [9.17, 15) is 9.59 Å². The molecule has 0 heterocycles. The molecule has 0 spiro atoms. The molecule has 0 saturated carbocycles. The number of hydrogen-bond donors (Lipinski definition) is 1. The van der Waals surface area contributed by atoms with Crippen LogP contribution in [0.5, 0.6) is 0 Å². The van der Waals surface area contributed by atoms with Crippen LogP contribution in [0.1, 0.15) is 37.0 Å². The first-order chi connectivity index (χ1) is 10.1. The van der Waals surface area contributed by atoms with E-state index in [1.807, 2.05) is 0 Å². The average molecular weight is 292 g/mol. The molecule has 0 unspecified atom stereocenters. The van der Waals surface area contributed by atoms with E-state index in [4.69, 9.17) is 0 Å². The van der Waals surface area contributed by atoms with E-state index in [0.29, 0.717) is 17.8 Å². The topological polar surface area (TPSA) is 58.6 Å². The van der Waals surface area contributed by atoms with E-state index in [-0.39, 0.29) is 5.91 Å². The molecule has 0 bridgehead atoms. The molecule has 1 amide bonds. The van der Waals surface area contributed by atoms with Crippen LogP contribution in [-0.2, 0) is 9.53 Å². The molecule has 1 aromatic carbocycles. The quantitative estimate of drug-likeness (QED) is 0.748. The SMILES string of the molecule is CCCN(CCC)CC(=O)Nc1cccc(C(=O)OC)c1. The lowest BCUT2D eigenvalue weighted by atomic mass is 10.2. The van der Waals surface area contributed by atoms with Crippen molar-refractivity contribution in [3.63, 3.8) is 0 Å². The van der Waals surface area contributed by atoms with Crippen molar-refractivity contribution >= 4 is 17.6 Å². The standard InChI is InChI=1S/C16H24N2O3/c1-4-9-18(10-5-2)12-15(19)17-14-8-6-7-13(11-14)16(20)21-3/h6-8,11H,4-5,9-10,12H2,1-3H3,(H,17,19). The molecule has 0 aliphatic carbocycles. The Morgan fingerprint density at radius 3 is 2.43 bits per heavy atom. The summed E-state index contributed by atoms with van der Waals surface area (Å²) in [7, 11) is 1.33. The minimum atomic E-state index is -0.412. The third kappa shape index (κ3) is 5.95. The van der Waals surface area contributed by atoms with Crippen molar-refractivity contribution in [2.24, 2.45) is 0 Å². The van der Waals surface area contributed by atoms with Gasteiger partial charge in [0.1, 0.15) is 0 Å². The first kappa shape index (κ1) is 17.2. The number of esters is 1. The second kappa shape index (κ2) is 9.13. The molecule has 1 rings (SSSR count). The summed E-state index contributed by atoms with van der Waals surface area (Å²) < 4.78 is 4.66. The molecule has 116 valence electrons. The Hall–Kier alpha value is -1.88. The molecule has 0 aliphatic heterocycles. The van der Waals surface area contributed by atoms with E-state index in [2.05, 4.69) is 28.8 Å². The van der Waals surface area contributed by atoms with Crippen LogP contribution in [0.4, 0.5) is 5.69 Å².